The van der Waals surface area contributed by atoms with Crippen molar-refractivity contribution in [2.45, 2.75) is 26.2 Å². The number of benzene rings is 2. The van der Waals surface area contributed by atoms with Gasteiger partial charge in [0.05, 0.1) is 30.5 Å². The zero-order valence-corrected chi connectivity index (χ0v) is 19.8. The Balaban J connectivity index is 1.62. The normalized spacial score (nSPS) is 14.8. The van der Waals surface area contributed by atoms with E-state index in [1.807, 2.05) is 26.0 Å². The second-order valence-corrected chi connectivity index (χ2v) is 8.75. The predicted molar refractivity (Wildman–Crippen MR) is 127 cm³/mol. The molecule has 2 N–H and O–H groups in total. The molecule has 0 bridgehead atoms. The van der Waals surface area contributed by atoms with E-state index in [1.165, 1.54) is 12.1 Å². The van der Waals surface area contributed by atoms with Gasteiger partial charge in [0, 0.05) is 34.9 Å². The van der Waals surface area contributed by atoms with Gasteiger partial charge in [0.2, 0.25) is 5.91 Å². The van der Waals surface area contributed by atoms with Crippen molar-refractivity contribution in [1.82, 2.24) is 14.7 Å². The summed E-state index contributed by atoms with van der Waals surface area (Å²) in [6.07, 6.45) is 0.231. The third kappa shape index (κ3) is 4.83. The Kier molecular flexibility index (Phi) is 7.00. The standard InChI is InChI=1S/C25H26ClFN4O3/c1-15-23(21(24(28)32)13-18-3-6-19(27)14-22(18)26)16(2)31(29-15)20-7-4-17(5-8-20)25(33)30-9-11-34-12-10-30/h3-8,14,21H,9-13H2,1-2H3,(H2,28,32). The summed E-state index contributed by atoms with van der Waals surface area (Å²) in [5.74, 6) is -1.68. The topological polar surface area (TPSA) is 90.4 Å². The van der Waals surface area contributed by atoms with Crippen LogP contribution in [-0.2, 0) is 16.0 Å². The molecule has 178 valence electrons. The van der Waals surface area contributed by atoms with Crippen LogP contribution in [0.1, 0.15) is 38.8 Å². The average molecular weight is 485 g/mol. The molecule has 2 aromatic carbocycles. The predicted octanol–water partition coefficient (Wildman–Crippen LogP) is 3.57. The fourth-order valence-electron chi connectivity index (χ4n) is 4.36. The minimum Gasteiger partial charge on any atom is -0.378 e. The summed E-state index contributed by atoms with van der Waals surface area (Å²) in [5, 5.41) is 4.88. The highest BCUT2D eigenvalue weighted by molar-refractivity contribution is 6.31. The van der Waals surface area contributed by atoms with Crippen molar-refractivity contribution in [1.29, 1.82) is 0 Å². The number of aromatic nitrogens is 2. The van der Waals surface area contributed by atoms with Crippen molar-refractivity contribution in [3.05, 3.63) is 81.4 Å². The van der Waals surface area contributed by atoms with Crippen molar-refractivity contribution in [3.8, 4) is 5.69 Å². The number of nitrogens with zero attached hydrogens (tertiary/aromatic N) is 3. The molecule has 9 heteroatoms. The van der Waals surface area contributed by atoms with Crippen LogP contribution in [-0.4, -0.2) is 52.8 Å². The van der Waals surface area contributed by atoms with Gasteiger partial charge >= 0.3 is 0 Å². The summed E-state index contributed by atoms with van der Waals surface area (Å²) in [7, 11) is 0. The number of hydrogen-bond acceptors (Lipinski definition) is 4. The van der Waals surface area contributed by atoms with Crippen LogP contribution in [0.15, 0.2) is 42.5 Å². The number of carbonyl (C=O) groups is 2. The molecule has 0 aliphatic carbocycles. The molecule has 4 rings (SSSR count). The lowest BCUT2D eigenvalue weighted by Gasteiger charge is -2.26. The van der Waals surface area contributed by atoms with E-state index in [0.717, 1.165) is 11.4 Å². The Morgan fingerprint density at radius 2 is 1.82 bits per heavy atom. The van der Waals surface area contributed by atoms with Crippen LogP contribution in [0.2, 0.25) is 5.02 Å². The van der Waals surface area contributed by atoms with E-state index in [2.05, 4.69) is 5.10 Å². The Hall–Kier alpha value is -3.23. The molecular weight excluding hydrogens is 459 g/mol. The summed E-state index contributed by atoms with van der Waals surface area (Å²) in [5.41, 5.74) is 9.87. The molecule has 1 aromatic heterocycles. The average Bonchev–Trinajstić information content (AvgIpc) is 3.12. The molecule has 2 amide bonds. The number of ether oxygens (including phenoxy) is 1. The van der Waals surface area contributed by atoms with Crippen LogP contribution in [0.5, 0.6) is 0 Å². The summed E-state index contributed by atoms with van der Waals surface area (Å²) in [6.45, 7) is 5.93. The first-order chi connectivity index (χ1) is 16.3. The second kappa shape index (κ2) is 9.95. The second-order valence-electron chi connectivity index (χ2n) is 8.34. The Morgan fingerprint density at radius 1 is 1.15 bits per heavy atom. The largest absolute Gasteiger partial charge is 0.378 e. The highest BCUT2D eigenvalue weighted by Crippen LogP contribution is 2.31. The molecule has 0 saturated carbocycles. The van der Waals surface area contributed by atoms with E-state index in [9.17, 15) is 14.0 Å². The Labute approximate surface area is 202 Å². The maximum atomic E-state index is 13.5. The number of aryl methyl sites for hydroxylation is 1. The van der Waals surface area contributed by atoms with Crippen LogP contribution in [0.3, 0.4) is 0 Å². The van der Waals surface area contributed by atoms with E-state index in [4.69, 9.17) is 22.1 Å². The Bertz CT molecular complexity index is 1220. The van der Waals surface area contributed by atoms with Crippen molar-refractivity contribution in [2.75, 3.05) is 26.3 Å². The molecule has 1 aliphatic rings. The summed E-state index contributed by atoms with van der Waals surface area (Å²) >= 11 is 6.19. The van der Waals surface area contributed by atoms with Crippen LogP contribution < -0.4 is 5.73 Å². The van der Waals surface area contributed by atoms with Gasteiger partial charge in [0.15, 0.2) is 0 Å². The Morgan fingerprint density at radius 3 is 2.44 bits per heavy atom. The van der Waals surface area contributed by atoms with Gasteiger partial charge in [-0.1, -0.05) is 17.7 Å². The highest BCUT2D eigenvalue weighted by Gasteiger charge is 2.27. The number of primary amides is 1. The fraction of sp³-hybridized carbons (Fsp3) is 0.320. The van der Waals surface area contributed by atoms with Crippen molar-refractivity contribution in [3.63, 3.8) is 0 Å². The zero-order valence-electron chi connectivity index (χ0n) is 19.1. The van der Waals surface area contributed by atoms with Gasteiger partial charge in [0.1, 0.15) is 5.82 Å². The van der Waals surface area contributed by atoms with Gasteiger partial charge in [0.25, 0.3) is 5.91 Å². The molecule has 1 aliphatic heterocycles. The lowest BCUT2D eigenvalue weighted by molar-refractivity contribution is -0.119. The maximum Gasteiger partial charge on any atom is 0.254 e. The first-order valence-corrected chi connectivity index (χ1v) is 11.4. The van der Waals surface area contributed by atoms with Gasteiger partial charge in [-0.2, -0.15) is 5.10 Å². The molecule has 1 atom stereocenters. The first-order valence-electron chi connectivity index (χ1n) is 11.0. The van der Waals surface area contributed by atoms with Crippen LogP contribution >= 0.6 is 11.6 Å². The number of amides is 2. The lowest BCUT2D eigenvalue weighted by Crippen LogP contribution is -2.40. The summed E-state index contributed by atoms with van der Waals surface area (Å²) in [4.78, 5) is 26.9. The molecule has 0 spiro atoms. The molecule has 1 fully saturated rings. The van der Waals surface area contributed by atoms with E-state index in [0.29, 0.717) is 48.7 Å². The smallest absolute Gasteiger partial charge is 0.254 e. The van der Waals surface area contributed by atoms with Gasteiger partial charge in [-0.05, 0) is 62.2 Å². The summed E-state index contributed by atoms with van der Waals surface area (Å²) in [6, 6.07) is 11.3. The number of carbonyl (C=O) groups excluding carboxylic acids is 2. The fourth-order valence-corrected chi connectivity index (χ4v) is 4.60. The molecule has 7 nitrogen and oxygen atoms in total. The van der Waals surface area contributed by atoms with Crippen molar-refractivity contribution >= 4 is 23.4 Å². The van der Waals surface area contributed by atoms with Crippen LogP contribution in [0.25, 0.3) is 5.69 Å². The minimum atomic E-state index is -0.682. The molecular formula is C25H26ClFN4O3. The minimum absolute atomic E-state index is 0.0334. The van der Waals surface area contributed by atoms with Crippen LogP contribution in [0, 0.1) is 19.7 Å². The van der Waals surface area contributed by atoms with E-state index < -0.39 is 17.6 Å². The van der Waals surface area contributed by atoms with Crippen molar-refractivity contribution < 1.29 is 18.7 Å². The number of morpholine rings is 1. The van der Waals surface area contributed by atoms with Gasteiger partial charge < -0.3 is 15.4 Å². The van der Waals surface area contributed by atoms with E-state index in [1.54, 1.807) is 27.8 Å². The third-order valence-electron chi connectivity index (χ3n) is 6.14. The monoisotopic (exact) mass is 484 g/mol. The first kappa shape index (κ1) is 23.9. The number of rotatable bonds is 6. The van der Waals surface area contributed by atoms with E-state index in [-0.39, 0.29) is 17.4 Å². The molecule has 3 aromatic rings. The highest BCUT2D eigenvalue weighted by atomic mass is 35.5. The molecule has 0 radical (unpaired) electrons. The number of hydrogen-bond donors (Lipinski definition) is 1. The third-order valence-corrected chi connectivity index (χ3v) is 6.49. The summed E-state index contributed by atoms with van der Waals surface area (Å²) < 4.78 is 20.5. The zero-order chi connectivity index (χ0) is 24.4. The molecule has 1 saturated heterocycles. The maximum absolute atomic E-state index is 13.5. The molecule has 2 heterocycles. The quantitative estimate of drug-likeness (QED) is 0.579. The van der Waals surface area contributed by atoms with E-state index >= 15 is 0 Å². The number of halogens is 2. The van der Waals surface area contributed by atoms with Crippen LogP contribution in [0.4, 0.5) is 4.39 Å². The van der Waals surface area contributed by atoms with Gasteiger partial charge in [-0.15, -0.1) is 0 Å². The van der Waals surface area contributed by atoms with Gasteiger partial charge in [-0.3, -0.25) is 9.59 Å². The molecule has 1 unspecified atom stereocenters. The van der Waals surface area contributed by atoms with Crippen molar-refractivity contribution in [2.24, 2.45) is 5.73 Å². The molecule has 34 heavy (non-hydrogen) atoms. The lowest BCUT2D eigenvalue weighted by atomic mass is 9.90. The SMILES string of the molecule is Cc1nn(-c2ccc(C(=O)N3CCOCC3)cc2)c(C)c1C(Cc1ccc(F)cc1Cl)C(N)=O. The van der Waals surface area contributed by atoms with Gasteiger partial charge in [-0.25, -0.2) is 9.07 Å². The number of nitrogens with two attached hydrogens (primary N) is 1.